The van der Waals surface area contributed by atoms with Crippen LogP contribution in [0.2, 0.25) is 0 Å². The second kappa shape index (κ2) is 9.41. The van der Waals surface area contributed by atoms with Gasteiger partial charge in [-0.1, -0.05) is 23.5 Å². The van der Waals surface area contributed by atoms with Crippen molar-refractivity contribution in [2.45, 2.75) is 31.6 Å². The first-order valence-electron chi connectivity index (χ1n) is 10.1. The number of carbonyl (C=O) groups excluding carboxylic acids is 1. The van der Waals surface area contributed by atoms with E-state index in [1.165, 1.54) is 29.5 Å². The molecule has 6 nitrogen and oxygen atoms in total. The van der Waals surface area contributed by atoms with Crippen molar-refractivity contribution in [1.29, 1.82) is 5.26 Å². The summed E-state index contributed by atoms with van der Waals surface area (Å²) in [5, 5.41) is 15.3. The summed E-state index contributed by atoms with van der Waals surface area (Å²) in [5.41, 5.74) is 5.58. The average Bonchev–Trinajstić information content (AvgIpc) is 3.11. The van der Waals surface area contributed by atoms with Crippen molar-refractivity contribution in [3.63, 3.8) is 0 Å². The number of nitriles is 1. The van der Waals surface area contributed by atoms with Crippen molar-refractivity contribution >= 4 is 45.7 Å². The molecule has 1 amide bonds. The van der Waals surface area contributed by atoms with Gasteiger partial charge in [0.15, 0.2) is 5.13 Å². The van der Waals surface area contributed by atoms with E-state index in [4.69, 9.17) is 5.26 Å². The number of benzene rings is 2. The Bertz CT molecular complexity index is 1150. The van der Waals surface area contributed by atoms with Crippen LogP contribution in [0.3, 0.4) is 0 Å². The van der Waals surface area contributed by atoms with Gasteiger partial charge in [0.1, 0.15) is 6.54 Å². The number of hydrogen-bond donors (Lipinski definition) is 2. The van der Waals surface area contributed by atoms with Crippen molar-refractivity contribution in [2.24, 2.45) is 0 Å². The molecule has 2 N–H and O–H groups in total. The largest absolute Gasteiger partial charge is 0.372 e. The van der Waals surface area contributed by atoms with E-state index in [2.05, 4.69) is 56.3 Å². The number of rotatable bonds is 6. The summed E-state index contributed by atoms with van der Waals surface area (Å²) in [4.78, 5) is 18.1. The molecule has 3 aromatic rings. The van der Waals surface area contributed by atoms with Crippen LogP contribution in [0.25, 0.3) is 10.4 Å². The molecule has 158 valence electrons. The van der Waals surface area contributed by atoms with Gasteiger partial charge in [0, 0.05) is 24.1 Å². The molecule has 2 aromatic carbocycles. The van der Waals surface area contributed by atoms with E-state index in [0.29, 0.717) is 11.7 Å². The molecule has 0 bridgehead atoms. The fourth-order valence-electron chi connectivity index (χ4n) is 3.60. The maximum atomic E-state index is 11.4. The molecule has 4 rings (SSSR count). The molecule has 0 radical (unpaired) electrons. The zero-order chi connectivity index (χ0) is 21.8. The van der Waals surface area contributed by atoms with Crippen LogP contribution in [0.4, 0.5) is 16.5 Å². The predicted octanol–water partition coefficient (Wildman–Crippen LogP) is 5.47. The molecule has 1 aliphatic rings. The van der Waals surface area contributed by atoms with Gasteiger partial charge in [-0.3, -0.25) is 4.79 Å². The lowest BCUT2D eigenvalue weighted by molar-refractivity contribution is -0.114. The fourth-order valence-corrected chi connectivity index (χ4v) is 5.68. The zero-order valence-corrected chi connectivity index (χ0v) is 19.1. The molecule has 0 aliphatic carbocycles. The van der Waals surface area contributed by atoms with E-state index in [1.54, 1.807) is 11.9 Å². The third kappa shape index (κ3) is 5.01. The molecule has 0 fully saturated rings. The second-order valence-corrected chi connectivity index (χ2v) is 9.39. The van der Waals surface area contributed by atoms with Crippen molar-refractivity contribution in [1.82, 2.24) is 4.98 Å². The van der Waals surface area contributed by atoms with E-state index in [0.717, 1.165) is 46.1 Å². The van der Waals surface area contributed by atoms with Crippen LogP contribution in [-0.4, -0.2) is 24.0 Å². The lowest BCUT2D eigenvalue weighted by atomic mass is 10.00. The first-order valence-corrected chi connectivity index (χ1v) is 11.7. The van der Waals surface area contributed by atoms with Crippen LogP contribution in [0.15, 0.2) is 47.4 Å². The van der Waals surface area contributed by atoms with Crippen molar-refractivity contribution in [3.05, 3.63) is 53.7 Å². The Morgan fingerprint density at radius 1 is 1.32 bits per heavy atom. The first-order chi connectivity index (χ1) is 15.0. The molecule has 0 spiro atoms. The molecule has 0 unspecified atom stereocenters. The minimum Gasteiger partial charge on any atom is -0.372 e. The standard InChI is InChI=1S/C23H23N5OS2/c1-15-22(30-23(26-15)27-16(2)29)18-8-9-21-17(13-18)5-4-12-28(21)31-20-7-3-6-19(14-20)25-11-10-24/h3,6-9,13-14,25H,4-5,11-12H2,1-2H3,(H,26,27,29). The van der Waals surface area contributed by atoms with Crippen molar-refractivity contribution in [3.8, 4) is 16.5 Å². The maximum Gasteiger partial charge on any atom is 0.223 e. The average molecular weight is 450 g/mol. The third-order valence-electron chi connectivity index (χ3n) is 4.92. The highest BCUT2D eigenvalue weighted by Crippen LogP contribution is 2.40. The van der Waals surface area contributed by atoms with Crippen LogP contribution in [0.1, 0.15) is 24.6 Å². The Labute approximate surface area is 190 Å². The van der Waals surface area contributed by atoms with Gasteiger partial charge in [0.05, 0.1) is 22.3 Å². The Hall–Kier alpha value is -3.02. The van der Waals surface area contributed by atoms with Gasteiger partial charge in [0.2, 0.25) is 5.91 Å². The smallest absolute Gasteiger partial charge is 0.223 e. The molecule has 0 saturated carbocycles. The molecular formula is C23H23N5OS2. The van der Waals surface area contributed by atoms with Gasteiger partial charge < -0.3 is 14.9 Å². The highest BCUT2D eigenvalue weighted by atomic mass is 32.2. The normalized spacial score (nSPS) is 12.7. The number of hydrogen-bond acceptors (Lipinski definition) is 7. The van der Waals surface area contributed by atoms with Crippen LogP contribution in [-0.2, 0) is 11.2 Å². The minimum absolute atomic E-state index is 0.106. The van der Waals surface area contributed by atoms with Crippen LogP contribution in [0.5, 0.6) is 0 Å². The number of nitrogens with one attached hydrogen (secondary N) is 2. The fraction of sp³-hybridized carbons (Fsp3) is 0.261. The number of aromatic nitrogens is 1. The number of amides is 1. The number of aryl methyl sites for hydroxylation is 2. The Morgan fingerprint density at radius 2 is 2.19 bits per heavy atom. The van der Waals surface area contributed by atoms with Crippen molar-refractivity contribution in [2.75, 3.05) is 28.0 Å². The summed E-state index contributed by atoms with van der Waals surface area (Å²) < 4.78 is 2.34. The highest BCUT2D eigenvalue weighted by Gasteiger charge is 2.20. The zero-order valence-electron chi connectivity index (χ0n) is 17.4. The highest BCUT2D eigenvalue weighted by molar-refractivity contribution is 8.00. The summed E-state index contributed by atoms with van der Waals surface area (Å²) >= 11 is 3.24. The number of fused-ring (bicyclic) bond motifs is 1. The summed E-state index contributed by atoms with van der Waals surface area (Å²) in [5.74, 6) is -0.106. The van der Waals surface area contributed by atoms with E-state index >= 15 is 0 Å². The van der Waals surface area contributed by atoms with E-state index in [1.807, 2.05) is 19.1 Å². The summed E-state index contributed by atoms with van der Waals surface area (Å²) in [6.45, 7) is 4.76. The summed E-state index contributed by atoms with van der Waals surface area (Å²) in [6.07, 6.45) is 2.13. The van der Waals surface area contributed by atoms with Gasteiger partial charge in [0.25, 0.3) is 0 Å². The number of anilines is 3. The first kappa shape index (κ1) is 21.2. The van der Waals surface area contributed by atoms with Gasteiger partial charge in [-0.05, 0) is 73.2 Å². The summed E-state index contributed by atoms with van der Waals surface area (Å²) in [7, 11) is 0. The van der Waals surface area contributed by atoms with Crippen LogP contribution < -0.4 is 14.9 Å². The molecule has 2 heterocycles. The van der Waals surface area contributed by atoms with Gasteiger partial charge in [-0.15, -0.1) is 0 Å². The van der Waals surface area contributed by atoms with Gasteiger partial charge in [-0.2, -0.15) is 5.26 Å². The van der Waals surface area contributed by atoms with Crippen LogP contribution >= 0.6 is 23.3 Å². The maximum absolute atomic E-state index is 11.4. The monoisotopic (exact) mass is 449 g/mol. The molecule has 0 saturated heterocycles. The van der Waals surface area contributed by atoms with E-state index in [-0.39, 0.29) is 5.91 Å². The lowest BCUT2D eigenvalue weighted by Gasteiger charge is -2.30. The quantitative estimate of drug-likeness (QED) is 0.383. The molecule has 31 heavy (non-hydrogen) atoms. The van der Waals surface area contributed by atoms with Crippen LogP contribution in [0, 0.1) is 18.3 Å². The second-order valence-electron chi connectivity index (χ2n) is 7.29. The predicted molar refractivity (Wildman–Crippen MR) is 129 cm³/mol. The van der Waals surface area contributed by atoms with Gasteiger partial charge >= 0.3 is 0 Å². The Kier molecular flexibility index (Phi) is 6.44. The number of thiazole rings is 1. The SMILES string of the molecule is CC(=O)Nc1nc(C)c(-c2ccc3c(c2)CCCN3Sc2cccc(NCC#N)c2)s1. The Balaban J connectivity index is 1.56. The van der Waals surface area contributed by atoms with Crippen molar-refractivity contribution < 1.29 is 4.79 Å². The Morgan fingerprint density at radius 3 is 3.00 bits per heavy atom. The van der Waals surface area contributed by atoms with Gasteiger partial charge in [-0.25, -0.2) is 4.98 Å². The molecule has 0 atom stereocenters. The molecule has 1 aromatic heterocycles. The third-order valence-corrected chi connectivity index (χ3v) is 7.10. The number of carbonyl (C=O) groups is 1. The minimum atomic E-state index is -0.106. The molecular weight excluding hydrogens is 426 g/mol. The van der Waals surface area contributed by atoms with E-state index in [9.17, 15) is 4.79 Å². The lowest BCUT2D eigenvalue weighted by Crippen LogP contribution is -2.22. The molecule has 1 aliphatic heterocycles. The van der Waals surface area contributed by atoms with E-state index < -0.39 is 0 Å². The summed E-state index contributed by atoms with van der Waals surface area (Å²) in [6, 6.07) is 16.8. The number of nitrogens with zero attached hydrogens (tertiary/aromatic N) is 3. The molecule has 8 heteroatoms. The topological polar surface area (TPSA) is 81.1 Å².